The van der Waals surface area contributed by atoms with E-state index in [1.807, 2.05) is 6.07 Å². The molecule has 19 heavy (non-hydrogen) atoms. The van der Waals surface area contributed by atoms with Crippen LogP contribution in [0.5, 0.6) is 0 Å². The molecule has 1 fully saturated rings. The van der Waals surface area contributed by atoms with Crippen LogP contribution >= 0.6 is 0 Å². The molecule has 0 spiro atoms. The van der Waals surface area contributed by atoms with Gasteiger partial charge in [0.25, 0.3) is 0 Å². The highest BCUT2D eigenvalue weighted by molar-refractivity contribution is 5.26. The molecule has 1 aliphatic rings. The Balaban J connectivity index is 2.02. The molecule has 1 aliphatic carbocycles. The Hall–Kier alpha value is -1.68. The Labute approximate surface area is 113 Å². The minimum absolute atomic E-state index is 0.0330. The highest BCUT2D eigenvalue weighted by atomic mass is 16.3. The molecule has 1 N–H and O–H groups in total. The Kier molecular flexibility index (Phi) is 3.34. The molecule has 1 heterocycles. The van der Waals surface area contributed by atoms with Crippen LogP contribution < -0.4 is 0 Å². The summed E-state index contributed by atoms with van der Waals surface area (Å²) in [6.45, 7) is 2.14. The molecule has 3 rings (SSSR count). The quantitative estimate of drug-likeness (QED) is 0.896. The summed E-state index contributed by atoms with van der Waals surface area (Å²) in [5.41, 5.74) is 1.27. The summed E-state index contributed by atoms with van der Waals surface area (Å²) < 4.78 is 2.15. The van der Waals surface area contributed by atoms with Crippen LogP contribution in [-0.4, -0.2) is 19.9 Å². The van der Waals surface area contributed by atoms with Crippen molar-refractivity contribution in [2.75, 3.05) is 0 Å². The zero-order chi connectivity index (χ0) is 13.2. The van der Waals surface area contributed by atoms with Crippen molar-refractivity contribution in [1.82, 2.24) is 14.8 Å². The van der Waals surface area contributed by atoms with Gasteiger partial charge in [-0.05, 0) is 24.8 Å². The molecule has 0 aliphatic heterocycles. The Bertz CT molecular complexity index is 546. The monoisotopic (exact) mass is 257 g/mol. The van der Waals surface area contributed by atoms with Gasteiger partial charge in [0.05, 0.1) is 0 Å². The molecule has 1 aromatic heterocycles. The number of nitrogens with zero attached hydrogens (tertiary/aromatic N) is 3. The third-order valence-corrected chi connectivity index (χ3v) is 3.77. The van der Waals surface area contributed by atoms with E-state index < -0.39 is 0 Å². The molecular formula is C15H19N3O. The van der Waals surface area contributed by atoms with Crippen LogP contribution in [-0.2, 0) is 6.61 Å². The molecule has 2 aromatic rings. The summed E-state index contributed by atoms with van der Waals surface area (Å²) >= 11 is 0. The van der Waals surface area contributed by atoms with E-state index in [0.29, 0.717) is 11.9 Å². The maximum atomic E-state index is 9.41. The van der Waals surface area contributed by atoms with Crippen molar-refractivity contribution in [2.24, 2.45) is 0 Å². The van der Waals surface area contributed by atoms with Crippen molar-refractivity contribution in [2.45, 2.75) is 44.8 Å². The van der Waals surface area contributed by atoms with Crippen LogP contribution in [0.15, 0.2) is 30.3 Å². The van der Waals surface area contributed by atoms with E-state index in [0.717, 1.165) is 12.2 Å². The van der Waals surface area contributed by atoms with Crippen LogP contribution in [0, 0.1) is 0 Å². The lowest BCUT2D eigenvalue weighted by atomic mass is 9.95. The Morgan fingerprint density at radius 2 is 2.00 bits per heavy atom. The minimum atomic E-state index is -0.0330. The normalized spacial score (nSPS) is 16.5. The predicted octanol–water partition coefficient (Wildman–Crippen LogP) is 2.65. The lowest BCUT2D eigenvalue weighted by Gasteiger charge is -2.17. The molecule has 0 radical (unpaired) electrons. The number of hydrogen-bond acceptors (Lipinski definition) is 3. The van der Waals surface area contributed by atoms with Gasteiger partial charge in [-0.25, -0.2) is 0 Å². The molecule has 100 valence electrons. The third kappa shape index (κ3) is 2.28. The van der Waals surface area contributed by atoms with Gasteiger partial charge in [-0.2, -0.15) is 0 Å². The van der Waals surface area contributed by atoms with E-state index in [1.54, 1.807) is 0 Å². The van der Waals surface area contributed by atoms with Crippen molar-refractivity contribution in [3.8, 4) is 0 Å². The zero-order valence-electron chi connectivity index (χ0n) is 11.2. The zero-order valence-corrected chi connectivity index (χ0v) is 11.2. The molecule has 1 saturated carbocycles. The molecule has 4 nitrogen and oxygen atoms in total. The van der Waals surface area contributed by atoms with Gasteiger partial charge >= 0.3 is 0 Å². The van der Waals surface area contributed by atoms with E-state index in [-0.39, 0.29) is 12.5 Å². The second kappa shape index (κ2) is 5.13. The molecular weight excluding hydrogens is 238 g/mol. The van der Waals surface area contributed by atoms with Gasteiger partial charge in [0, 0.05) is 12.0 Å². The van der Waals surface area contributed by atoms with Crippen molar-refractivity contribution >= 4 is 0 Å². The van der Waals surface area contributed by atoms with E-state index >= 15 is 0 Å². The average Bonchev–Trinajstić information content (AvgIpc) is 3.21. The summed E-state index contributed by atoms with van der Waals surface area (Å²) in [5.74, 6) is 1.96. The first kappa shape index (κ1) is 12.4. The average molecular weight is 257 g/mol. The first-order valence-electron chi connectivity index (χ1n) is 6.94. The number of aliphatic hydroxyl groups excluding tert-OH is 1. The SMILES string of the molecule is CCC(c1ccccc1)c1nnc(CO)n1C1CC1. The van der Waals surface area contributed by atoms with Gasteiger partial charge in [0.1, 0.15) is 12.4 Å². The number of aromatic nitrogens is 3. The molecule has 0 amide bonds. The molecule has 0 saturated heterocycles. The summed E-state index contributed by atoms with van der Waals surface area (Å²) in [6.07, 6.45) is 3.33. The fraction of sp³-hybridized carbons (Fsp3) is 0.467. The van der Waals surface area contributed by atoms with E-state index in [1.165, 1.54) is 18.4 Å². The van der Waals surface area contributed by atoms with E-state index in [9.17, 15) is 5.11 Å². The first-order valence-corrected chi connectivity index (χ1v) is 6.94. The van der Waals surface area contributed by atoms with Crippen molar-refractivity contribution in [3.63, 3.8) is 0 Å². The molecule has 4 heteroatoms. The maximum absolute atomic E-state index is 9.41. The highest BCUT2D eigenvalue weighted by Gasteiger charge is 2.31. The Morgan fingerprint density at radius 3 is 2.58 bits per heavy atom. The number of benzene rings is 1. The molecule has 1 aromatic carbocycles. The highest BCUT2D eigenvalue weighted by Crippen LogP contribution is 2.39. The number of aliphatic hydroxyl groups is 1. The van der Waals surface area contributed by atoms with Gasteiger partial charge in [-0.1, -0.05) is 37.3 Å². The summed E-state index contributed by atoms with van der Waals surface area (Å²) in [4.78, 5) is 0. The fourth-order valence-electron chi connectivity index (χ4n) is 2.67. The van der Waals surface area contributed by atoms with Crippen molar-refractivity contribution < 1.29 is 5.11 Å². The predicted molar refractivity (Wildman–Crippen MR) is 72.8 cm³/mol. The fourth-order valence-corrected chi connectivity index (χ4v) is 2.67. The second-order valence-corrected chi connectivity index (χ2v) is 5.11. The largest absolute Gasteiger partial charge is 0.388 e. The standard InChI is InChI=1S/C15H19N3O/c1-2-13(11-6-4-3-5-7-11)15-17-16-14(10-19)18(15)12-8-9-12/h3-7,12-13,19H,2,8-10H2,1H3. The van der Waals surface area contributed by atoms with Gasteiger partial charge in [0.2, 0.25) is 0 Å². The van der Waals surface area contributed by atoms with Crippen LogP contribution in [0.3, 0.4) is 0 Å². The van der Waals surface area contributed by atoms with Crippen molar-refractivity contribution in [1.29, 1.82) is 0 Å². The van der Waals surface area contributed by atoms with E-state index in [2.05, 4.69) is 46.0 Å². The van der Waals surface area contributed by atoms with Gasteiger partial charge < -0.3 is 9.67 Å². The number of hydrogen-bond donors (Lipinski definition) is 1. The minimum Gasteiger partial charge on any atom is -0.388 e. The topological polar surface area (TPSA) is 50.9 Å². The van der Waals surface area contributed by atoms with Gasteiger partial charge in [-0.3, -0.25) is 0 Å². The summed E-state index contributed by atoms with van der Waals surface area (Å²) in [6, 6.07) is 10.9. The summed E-state index contributed by atoms with van der Waals surface area (Å²) in [5, 5.41) is 17.9. The lowest BCUT2D eigenvalue weighted by molar-refractivity contribution is 0.264. The first-order chi connectivity index (χ1) is 9.35. The third-order valence-electron chi connectivity index (χ3n) is 3.77. The van der Waals surface area contributed by atoms with Gasteiger partial charge in [-0.15, -0.1) is 10.2 Å². The van der Waals surface area contributed by atoms with Gasteiger partial charge in [0.15, 0.2) is 5.82 Å². The van der Waals surface area contributed by atoms with Crippen LogP contribution in [0.1, 0.15) is 55.4 Å². The lowest BCUT2D eigenvalue weighted by Crippen LogP contribution is -2.11. The Morgan fingerprint density at radius 1 is 1.26 bits per heavy atom. The molecule has 1 unspecified atom stereocenters. The van der Waals surface area contributed by atoms with Crippen LogP contribution in [0.25, 0.3) is 0 Å². The summed E-state index contributed by atoms with van der Waals surface area (Å²) in [7, 11) is 0. The second-order valence-electron chi connectivity index (χ2n) is 5.11. The maximum Gasteiger partial charge on any atom is 0.159 e. The molecule has 1 atom stereocenters. The van der Waals surface area contributed by atoms with E-state index in [4.69, 9.17) is 0 Å². The smallest absolute Gasteiger partial charge is 0.159 e. The van der Waals surface area contributed by atoms with Crippen molar-refractivity contribution in [3.05, 3.63) is 47.5 Å². The number of rotatable bonds is 5. The van der Waals surface area contributed by atoms with Crippen LogP contribution in [0.4, 0.5) is 0 Å². The van der Waals surface area contributed by atoms with Crippen LogP contribution in [0.2, 0.25) is 0 Å². The molecule has 0 bridgehead atoms.